The van der Waals surface area contributed by atoms with Gasteiger partial charge in [0.25, 0.3) is 0 Å². The largest absolute Gasteiger partial charge is 0.458 e. The first kappa shape index (κ1) is 20.7. The van der Waals surface area contributed by atoms with Crippen LogP contribution < -0.4 is 0 Å². The molecule has 0 amide bonds. The van der Waals surface area contributed by atoms with Crippen LogP contribution in [0.4, 0.5) is 0 Å². The highest BCUT2D eigenvalue weighted by Gasteiger charge is 2.50. The molecule has 1 aliphatic carbocycles. The van der Waals surface area contributed by atoms with E-state index in [2.05, 4.69) is 33.9 Å². The molecule has 0 heterocycles. The predicted molar refractivity (Wildman–Crippen MR) is 95.9 cm³/mol. The third-order valence-corrected chi connectivity index (χ3v) is 9.48. The van der Waals surface area contributed by atoms with Crippen molar-refractivity contribution >= 4 is 14.3 Å². The molecule has 1 aliphatic rings. The van der Waals surface area contributed by atoms with Crippen molar-refractivity contribution in [2.75, 3.05) is 0 Å². The molecule has 5 heteroatoms. The number of rotatable bonds is 4. The van der Waals surface area contributed by atoms with E-state index in [1.165, 1.54) is 0 Å². The van der Waals surface area contributed by atoms with E-state index < -0.39 is 31.6 Å². The molecule has 0 aliphatic heterocycles. The molecule has 0 saturated heterocycles. The zero-order valence-corrected chi connectivity index (χ0v) is 17.3. The minimum Gasteiger partial charge on any atom is -0.458 e. The Morgan fingerprint density at radius 1 is 1.04 bits per heavy atom. The van der Waals surface area contributed by atoms with Crippen molar-refractivity contribution in [2.45, 2.75) is 109 Å². The maximum Gasteiger partial charge on any atom is 0.337 e. The van der Waals surface area contributed by atoms with Crippen LogP contribution in [0.5, 0.6) is 0 Å². The predicted octanol–water partition coefficient (Wildman–Crippen LogP) is 4.41. The molecule has 0 aromatic heterocycles. The first-order chi connectivity index (χ1) is 10.2. The van der Waals surface area contributed by atoms with Gasteiger partial charge in [0.15, 0.2) is 14.4 Å². The van der Waals surface area contributed by atoms with Crippen molar-refractivity contribution in [3.05, 3.63) is 0 Å². The molecule has 0 aromatic rings. The Kier molecular flexibility index (Phi) is 6.15. The average Bonchev–Trinajstić information content (AvgIpc) is 2.33. The number of aliphatic hydroxyl groups is 1. The molecule has 1 rings (SSSR count). The highest BCUT2D eigenvalue weighted by molar-refractivity contribution is 6.74. The Labute approximate surface area is 143 Å². The first-order valence-electron chi connectivity index (χ1n) is 8.81. The van der Waals surface area contributed by atoms with Crippen LogP contribution in [0.1, 0.15) is 73.6 Å². The minimum atomic E-state index is -2.20. The fraction of sp³-hybridized carbons (Fsp3) is 0.944. The van der Waals surface area contributed by atoms with E-state index in [-0.39, 0.29) is 5.04 Å². The number of carbonyl (C=O) groups excluding carboxylic acids is 1. The zero-order valence-electron chi connectivity index (χ0n) is 16.3. The second-order valence-electron chi connectivity index (χ2n) is 9.46. The van der Waals surface area contributed by atoms with Crippen LogP contribution >= 0.6 is 0 Å². The van der Waals surface area contributed by atoms with E-state index in [1.54, 1.807) is 0 Å². The molecule has 1 saturated carbocycles. The molecule has 4 nitrogen and oxygen atoms in total. The van der Waals surface area contributed by atoms with Crippen LogP contribution in [-0.2, 0) is 14.0 Å². The van der Waals surface area contributed by atoms with Gasteiger partial charge in [0.1, 0.15) is 11.2 Å². The molecular weight excluding hydrogens is 308 g/mol. The summed E-state index contributed by atoms with van der Waals surface area (Å²) in [5.74, 6) is -0.424. The molecule has 23 heavy (non-hydrogen) atoms. The second-order valence-corrected chi connectivity index (χ2v) is 14.2. The van der Waals surface area contributed by atoms with Crippen LogP contribution in [0, 0.1) is 0 Å². The summed E-state index contributed by atoms with van der Waals surface area (Å²) in [7, 11) is -2.20. The van der Waals surface area contributed by atoms with Crippen LogP contribution in [0.15, 0.2) is 0 Å². The summed E-state index contributed by atoms with van der Waals surface area (Å²) in [5, 5.41) is 11.1. The fourth-order valence-electron chi connectivity index (χ4n) is 2.63. The van der Waals surface area contributed by atoms with Gasteiger partial charge in [-0.05, 0) is 51.7 Å². The molecule has 1 unspecified atom stereocenters. The summed E-state index contributed by atoms with van der Waals surface area (Å²) in [6.45, 7) is 16.2. The van der Waals surface area contributed by atoms with Crippen molar-refractivity contribution in [3.63, 3.8) is 0 Å². The van der Waals surface area contributed by atoms with Gasteiger partial charge < -0.3 is 14.3 Å². The van der Waals surface area contributed by atoms with Crippen LogP contribution in [0.3, 0.4) is 0 Å². The molecule has 1 fully saturated rings. The Balaban J connectivity index is 3.08. The summed E-state index contributed by atoms with van der Waals surface area (Å²) in [4.78, 5) is 12.8. The third-order valence-electron chi connectivity index (χ3n) is 5.05. The van der Waals surface area contributed by atoms with Gasteiger partial charge >= 0.3 is 5.97 Å². The summed E-state index contributed by atoms with van der Waals surface area (Å²) in [5.41, 5.74) is -1.69. The van der Waals surface area contributed by atoms with Gasteiger partial charge in [-0.2, -0.15) is 0 Å². The highest BCUT2D eigenvalue weighted by atomic mass is 28.4. The SMILES string of the molecule is CC(C)(C)OC(=O)C(O[Si](C)(C)C(C)(C)C)C1(O)CCCCC1. The lowest BCUT2D eigenvalue weighted by Gasteiger charge is -2.45. The molecule has 1 atom stereocenters. The highest BCUT2D eigenvalue weighted by Crippen LogP contribution is 2.41. The number of hydrogen-bond donors (Lipinski definition) is 1. The Hall–Kier alpha value is -0.393. The zero-order chi connectivity index (χ0) is 18.1. The molecule has 0 radical (unpaired) electrons. The molecule has 1 N–H and O–H groups in total. The summed E-state index contributed by atoms with van der Waals surface area (Å²) in [6.07, 6.45) is 3.27. The van der Waals surface area contributed by atoms with Gasteiger partial charge in [-0.15, -0.1) is 0 Å². The lowest BCUT2D eigenvalue weighted by atomic mass is 9.81. The lowest BCUT2D eigenvalue weighted by molar-refractivity contribution is -0.181. The van der Waals surface area contributed by atoms with Crippen molar-refractivity contribution in [1.82, 2.24) is 0 Å². The average molecular weight is 345 g/mol. The van der Waals surface area contributed by atoms with E-state index in [9.17, 15) is 9.90 Å². The summed E-state index contributed by atoms with van der Waals surface area (Å²) in [6, 6.07) is 0. The summed E-state index contributed by atoms with van der Waals surface area (Å²) >= 11 is 0. The fourth-order valence-corrected chi connectivity index (χ4v) is 3.89. The van der Waals surface area contributed by atoms with E-state index in [4.69, 9.17) is 9.16 Å². The van der Waals surface area contributed by atoms with Gasteiger partial charge in [0.2, 0.25) is 0 Å². The van der Waals surface area contributed by atoms with Crippen molar-refractivity contribution in [1.29, 1.82) is 0 Å². The van der Waals surface area contributed by atoms with E-state index in [0.29, 0.717) is 12.8 Å². The standard InChI is InChI=1S/C18H36O4Si/c1-16(2,3)21-15(19)14(18(20)12-10-9-11-13-18)22-23(7,8)17(4,5)6/h14,20H,9-13H2,1-8H3. The smallest absolute Gasteiger partial charge is 0.337 e. The summed E-state index contributed by atoms with van der Waals surface area (Å²) < 4.78 is 11.9. The topological polar surface area (TPSA) is 55.8 Å². The quantitative estimate of drug-likeness (QED) is 0.606. The Morgan fingerprint density at radius 2 is 1.52 bits per heavy atom. The first-order valence-corrected chi connectivity index (χ1v) is 11.7. The molecule has 0 aromatic carbocycles. The van der Waals surface area contributed by atoms with Crippen LogP contribution in [0.2, 0.25) is 18.1 Å². The molecular formula is C18H36O4Si. The van der Waals surface area contributed by atoms with E-state index >= 15 is 0 Å². The molecule has 0 spiro atoms. The van der Waals surface area contributed by atoms with Crippen LogP contribution in [0.25, 0.3) is 0 Å². The number of hydrogen-bond acceptors (Lipinski definition) is 4. The number of carbonyl (C=O) groups is 1. The number of ether oxygens (including phenoxy) is 1. The Morgan fingerprint density at radius 3 is 1.91 bits per heavy atom. The van der Waals surface area contributed by atoms with E-state index in [0.717, 1.165) is 19.3 Å². The second kappa shape index (κ2) is 6.85. The van der Waals surface area contributed by atoms with Gasteiger partial charge in [0.05, 0.1) is 0 Å². The monoisotopic (exact) mass is 344 g/mol. The van der Waals surface area contributed by atoms with Crippen molar-refractivity contribution in [3.8, 4) is 0 Å². The van der Waals surface area contributed by atoms with Crippen molar-refractivity contribution in [2.24, 2.45) is 0 Å². The molecule has 136 valence electrons. The van der Waals surface area contributed by atoms with E-state index in [1.807, 2.05) is 20.8 Å². The third kappa shape index (κ3) is 5.57. The van der Waals surface area contributed by atoms with Gasteiger partial charge in [-0.1, -0.05) is 40.0 Å². The van der Waals surface area contributed by atoms with Gasteiger partial charge in [-0.25, -0.2) is 4.79 Å². The molecule has 0 bridgehead atoms. The van der Waals surface area contributed by atoms with Gasteiger partial charge in [0, 0.05) is 0 Å². The Bertz CT molecular complexity index is 412. The van der Waals surface area contributed by atoms with Crippen LogP contribution in [-0.4, -0.2) is 36.7 Å². The normalized spacial score (nSPS) is 20.9. The maximum absolute atomic E-state index is 12.8. The number of esters is 1. The minimum absolute atomic E-state index is 0.0295. The maximum atomic E-state index is 12.8. The van der Waals surface area contributed by atoms with Crippen molar-refractivity contribution < 1.29 is 19.1 Å². The lowest BCUT2D eigenvalue weighted by Crippen LogP contribution is -2.57. The van der Waals surface area contributed by atoms with Gasteiger partial charge in [-0.3, -0.25) is 0 Å².